The van der Waals surface area contributed by atoms with E-state index in [1.165, 1.54) is 0 Å². The van der Waals surface area contributed by atoms with Gasteiger partial charge in [-0.3, -0.25) is 0 Å². The number of nitrogens with two attached hydrogens (primary N) is 1. The second-order valence-electron chi connectivity index (χ2n) is 3.66. The lowest BCUT2D eigenvalue weighted by molar-refractivity contribution is 0.345. The smallest absolute Gasteiger partial charge is 0.141 e. The molecule has 0 saturated heterocycles. The molecule has 16 heavy (non-hydrogen) atoms. The molecule has 3 heteroatoms. The first kappa shape index (κ1) is 13.1. The summed E-state index contributed by atoms with van der Waals surface area (Å²) < 4.78 is 5.69. The Balaban J connectivity index is 2.79. The first-order valence-electron chi connectivity index (χ1n) is 5.46. The first-order valence-corrected chi connectivity index (χ1v) is 5.83. The van der Waals surface area contributed by atoms with E-state index in [9.17, 15) is 0 Å². The van der Waals surface area contributed by atoms with Crippen LogP contribution in [0.4, 0.5) is 0 Å². The zero-order valence-corrected chi connectivity index (χ0v) is 10.4. The summed E-state index contributed by atoms with van der Waals surface area (Å²) in [4.78, 5) is 0. The standard InChI is InChI=1S/C13H18ClNO/c1-3-10(2)9-16-13-11(7-8-15)5-4-6-12(13)14/h4-6H,2-3,7-9,15H2,1H3. The fourth-order valence-electron chi connectivity index (χ4n) is 1.34. The van der Waals surface area contributed by atoms with E-state index < -0.39 is 0 Å². The summed E-state index contributed by atoms with van der Waals surface area (Å²) >= 11 is 6.10. The molecule has 0 saturated carbocycles. The Hall–Kier alpha value is -0.990. The van der Waals surface area contributed by atoms with Crippen molar-refractivity contribution in [1.82, 2.24) is 0 Å². The molecule has 0 aromatic heterocycles. The molecule has 0 radical (unpaired) electrons. The normalized spacial score (nSPS) is 10.2. The fraction of sp³-hybridized carbons (Fsp3) is 0.385. The maximum absolute atomic E-state index is 6.10. The molecule has 0 bridgehead atoms. The predicted octanol–water partition coefficient (Wildman–Crippen LogP) is 3.19. The monoisotopic (exact) mass is 239 g/mol. The van der Waals surface area contributed by atoms with Crippen LogP contribution in [0.5, 0.6) is 5.75 Å². The van der Waals surface area contributed by atoms with Crippen LogP contribution in [0.2, 0.25) is 5.02 Å². The van der Waals surface area contributed by atoms with Gasteiger partial charge in [-0.2, -0.15) is 0 Å². The van der Waals surface area contributed by atoms with Gasteiger partial charge in [0.05, 0.1) is 5.02 Å². The molecule has 0 heterocycles. The quantitative estimate of drug-likeness (QED) is 0.774. The van der Waals surface area contributed by atoms with Crippen LogP contribution in [0.3, 0.4) is 0 Å². The van der Waals surface area contributed by atoms with Gasteiger partial charge in [-0.1, -0.05) is 37.2 Å². The highest BCUT2D eigenvalue weighted by atomic mass is 35.5. The molecule has 0 aliphatic rings. The number of para-hydroxylation sites is 1. The molecule has 1 rings (SSSR count). The third-order valence-electron chi connectivity index (χ3n) is 2.38. The van der Waals surface area contributed by atoms with Gasteiger partial charge in [-0.15, -0.1) is 0 Å². The van der Waals surface area contributed by atoms with Crippen LogP contribution >= 0.6 is 11.6 Å². The molecule has 1 aromatic carbocycles. The van der Waals surface area contributed by atoms with Gasteiger partial charge >= 0.3 is 0 Å². The van der Waals surface area contributed by atoms with Crippen LogP contribution in [0.1, 0.15) is 18.9 Å². The molecule has 2 nitrogen and oxygen atoms in total. The minimum atomic E-state index is 0.512. The van der Waals surface area contributed by atoms with Crippen LogP contribution in [0, 0.1) is 0 Å². The predicted molar refractivity (Wildman–Crippen MR) is 69.1 cm³/mol. The van der Waals surface area contributed by atoms with Crippen molar-refractivity contribution < 1.29 is 4.74 Å². The van der Waals surface area contributed by atoms with E-state index in [1.54, 1.807) is 0 Å². The van der Waals surface area contributed by atoms with Crippen molar-refractivity contribution in [3.8, 4) is 5.75 Å². The van der Waals surface area contributed by atoms with E-state index in [4.69, 9.17) is 22.1 Å². The number of rotatable bonds is 6. The highest BCUT2D eigenvalue weighted by Gasteiger charge is 2.07. The molecule has 88 valence electrons. The minimum absolute atomic E-state index is 0.512. The first-order chi connectivity index (χ1) is 7.69. The van der Waals surface area contributed by atoms with E-state index in [2.05, 4.69) is 13.5 Å². The molecule has 2 N–H and O–H groups in total. The number of ether oxygens (including phenoxy) is 1. The molecule has 0 spiro atoms. The van der Waals surface area contributed by atoms with Crippen LogP contribution in [-0.4, -0.2) is 13.2 Å². The largest absolute Gasteiger partial charge is 0.487 e. The zero-order chi connectivity index (χ0) is 12.0. The fourth-order valence-corrected chi connectivity index (χ4v) is 1.59. The highest BCUT2D eigenvalue weighted by molar-refractivity contribution is 6.32. The van der Waals surface area contributed by atoms with Gasteiger partial charge < -0.3 is 10.5 Å². The van der Waals surface area contributed by atoms with Crippen molar-refractivity contribution in [2.24, 2.45) is 5.73 Å². The Morgan fingerprint density at radius 3 is 2.88 bits per heavy atom. The summed E-state index contributed by atoms with van der Waals surface area (Å²) in [6, 6.07) is 5.73. The van der Waals surface area contributed by atoms with E-state index in [1.807, 2.05) is 18.2 Å². The Labute approximate surface area is 102 Å². The van der Waals surface area contributed by atoms with Crippen LogP contribution in [0.15, 0.2) is 30.4 Å². The number of hydrogen-bond donors (Lipinski definition) is 1. The summed E-state index contributed by atoms with van der Waals surface area (Å²) in [5, 5.41) is 0.634. The molecule has 0 amide bonds. The minimum Gasteiger partial charge on any atom is -0.487 e. The Morgan fingerprint density at radius 1 is 1.50 bits per heavy atom. The van der Waals surface area contributed by atoms with E-state index in [-0.39, 0.29) is 0 Å². The van der Waals surface area contributed by atoms with E-state index in [0.717, 1.165) is 29.7 Å². The lowest BCUT2D eigenvalue weighted by Crippen LogP contribution is -2.07. The van der Waals surface area contributed by atoms with Gasteiger partial charge in [0.15, 0.2) is 0 Å². The number of hydrogen-bond acceptors (Lipinski definition) is 2. The Bertz CT molecular complexity index is 363. The van der Waals surface area contributed by atoms with Crippen molar-refractivity contribution in [1.29, 1.82) is 0 Å². The van der Waals surface area contributed by atoms with Crippen molar-refractivity contribution in [3.05, 3.63) is 40.9 Å². The van der Waals surface area contributed by atoms with E-state index in [0.29, 0.717) is 18.2 Å². The van der Waals surface area contributed by atoms with Gasteiger partial charge in [0.1, 0.15) is 12.4 Å². The molecule has 0 fully saturated rings. The van der Waals surface area contributed by atoms with Crippen molar-refractivity contribution in [3.63, 3.8) is 0 Å². The van der Waals surface area contributed by atoms with Gasteiger partial charge in [0.25, 0.3) is 0 Å². The summed E-state index contributed by atoms with van der Waals surface area (Å²) in [6.45, 7) is 7.06. The Kier molecular flexibility index (Phi) is 5.36. The average molecular weight is 240 g/mol. The molecule has 0 atom stereocenters. The van der Waals surface area contributed by atoms with Crippen molar-refractivity contribution in [2.75, 3.05) is 13.2 Å². The summed E-state index contributed by atoms with van der Waals surface area (Å²) in [7, 11) is 0. The lowest BCUT2D eigenvalue weighted by Gasteiger charge is -2.13. The van der Waals surface area contributed by atoms with Gasteiger partial charge in [0, 0.05) is 0 Å². The molecule has 0 aliphatic heterocycles. The van der Waals surface area contributed by atoms with Gasteiger partial charge in [0.2, 0.25) is 0 Å². The maximum Gasteiger partial charge on any atom is 0.141 e. The Morgan fingerprint density at radius 2 is 2.25 bits per heavy atom. The highest BCUT2D eigenvalue weighted by Crippen LogP contribution is 2.29. The SMILES string of the molecule is C=C(CC)COc1c(Cl)cccc1CCN. The van der Waals surface area contributed by atoms with Gasteiger partial charge in [-0.05, 0) is 36.6 Å². The average Bonchev–Trinajstić information content (AvgIpc) is 2.28. The molecular formula is C13H18ClNO. The second-order valence-corrected chi connectivity index (χ2v) is 4.07. The van der Waals surface area contributed by atoms with Crippen molar-refractivity contribution in [2.45, 2.75) is 19.8 Å². The van der Waals surface area contributed by atoms with Gasteiger partial charge in [-0.25, -0.2) is 0 Å². The lowest BCUT2D eigenvalue weighted by atomic mass is 10.1. The third kappa shape index (κ3) is 3.54. The third-order valence-corrected chi connectivity index (χ3v) is 2.68. The molecule has 1 aromatic rings. The van der Waals surface area contributed by atoms with Crippen LogP contribution in [-0.2, 0) is 6.42 Å². The topological polar surface area (TPSA) is 35.2 Å². The molecule has 0 unspecified atom stereocenters. The summed E-state index contributed by atoms with van der Waals surface area (Å²) in [5.41, 5.74) is 7.65. The second kappa shape index (κ2) is 6.56. The van der Waals surface area contributed by atoms with E-state index >= 15 is 0 Å². The number of halogens is 1. The summed E-state index contributed by atoms with van der Waals surface area (Å²) in [5.74, 6) is 0.740. The summed E-state index contributed by atoms with van der Waals surface area (Å²) in [6.07, 6.45) is 1.69. The van der Waals surface area contributed by atoms with Crippen LogP contribution in [0.25, 0.3) is 0 Å². The molecular weight excluding hydrogens is 222 g/mol. The maximum atomic E-state index is 6.10. The van der Waals surface area contributed by atoms with Crippen molar-refractivity contribution >= 4 is 11.6 Å². The number of benzene rings is 1. The van der Waals surface area contributed by atoms with Crippen LogP contribution < -0.4 is 10.5 Å². The molecule has 0 aliphatic carbocycles. The zero-order valence-electron chi connectivity index (χ0n) is 9.63.